The zero-order valence-electron chi connectivity index (χ0n) is 7.25. The molecule has 0 amide bonds. The summed E-state index contributed by atoms with van der Waals surface area (Å²) in [5, 5.41) is 36.0. The maximum atomic E-state index is 10.7. The fourth-order valence-electron chi connectivity index (χ4n) is 1.63. The van der Waals surface area contributed by atoms with E-state index in [4.69, 9.17) is 10.2 Å². The molecule has 0 aromatic carbocycles. The van der Waals surface area contributed by atoms with Gasteiger partial charge in [-0.2, -0.15) is 0 Å². The molecule has 7 heteroatoms. The van der Waals surface area contributed by atoms with Crippen LogP contribution in [0.5, 0.6) is 0 Å². The highest BCUT2D eigenvalue weighted by Gasteiger charge is 2.60. The van der Waals surface area contributed by atoms with E-state index in [1.54, 1.807) is 0 Å². The Morgan fingerprint density at radius 1 is 1.29 bits per heavy atom. The van der Waals surface area contributed by atoms with Crippen molar-refractivity contribution in [1.29, 1.82) is 0 Å². The third-order valence-electron chi connectivity index (χ3n) is 2.63. The number of carbonyl (C=O) groups is 2. The maximum absolute atomic E-state index is 10.7. The maximum Gasteiger partial charge on any atom is 0.368 e. The van der Waals surface area contributed by atoms with E-state index in [0.717, 1.165) is 0 Å². The first-order chi connectivity index (χ1) is 6.30. The average molecular weight is 206 g/mol. The van der Waals surface area contributed by atoms with Crippen LogP contribution in [0.25, 0.3) is 0 Å². The van der Waals surface area contributed by atoms with Crippen molar-refractivity contribution in [1.82, 2.24) is 0 Å². The molecule has 80 valence electrons. The molecule has 0 saturated heterocycles. The lowest BCUT2D eigenvalue weighted by atomic mass is 9.96. The average Bonchev–Trinajstić information content (AvgIpc) is 2.31. The minimum Gasteiger partial charge on any atom is -0.481 e. The number of quaternary nitrogens is 1. The quantitative estimate of drug-likeness (QED) is 0.323. The van der Waals surface area contributed by atoms with Gasteiger partial charge in [0.1, 0.15) is 12.2 Å². The van der Waals surface area contributed by atoms with E-state index in [1.165, 1.54) is 0 Å². The first-order valence-corrected chi connectivity index (χ1v) is 3.98. The Balaban J connectivity index is 2.97. The van der Waals surface area contributed by atoms with Gasteiger partial charge >= 0.3 is 11.9 Å². The predicted octanol–water partition coefficient (Wildman–Crippen LogP) is -3.12. The third-order valence-corrected chi connectivity index (χ3v) is 2.63. The number of carboxylic acids is 2. The van der Waals surface area contributed by atoms with E-state index >= 15 is 0 Å². The van der Waals surface area contributed by atoms with Crippen molar-refractivity contribution in [3.63, 3.8) is 0 Å². The van der Waals surface area contributed by atoms with Crippen molar-refractivity contribution in [3.8, 4) is 0 Å². The molecule has 0 aromatic rings. The summed E-state index contributed by atoms with van der Waals surface area (Å²) >= 11 is 0. The first-order valence-electron chi connectivity index (χ1n) is 3.98. The number of hydrogen-bond donors (Lipinski definition) is 5. The molecule has 14 heavy (non-hydrogen) atoms. The summed E-state index contributed by atoms with van der Waals surface area (Å²) < 4.78 is 0. The van der Waals surface area contributed by atoms with Crippen LogP contribution in [-0.4, -0.2) is 50.1 Å². The van der Waals surface area contributed by atoms with E-state index in [-0.39, 0.29) is 6.42 Å². The molecule has 0 spiro atoms. The Morgan fingerprint density at radius 3 is 2.00 bits per heavy atom. The largest absolute Gasteiger partial charge is 0.481 e. The van der Waals surface area contributed by atoms with Crippen molar-refractivity contribution >= 4 is 11.9 Å². The Labute approximate surface area is 78.8 Å². The van der Waals surface area contributed by atoms with E-state index in [0.29, 0.717) is 0 Å². The molecular weight excluding hydrogens is 194 g/mol. The summed E-state index contributed by atoms with van der Waals surface area (Å²) in [6.45, 7) is 0. The second-order valence-electron chi connectivity index (χ2n) is 3.55. The number of hydrogen-bond acceptors (Lipinski definition) is 4. The molecule has 1 saturated carbocycles. The van der Waals surface area contributed by atoms with Gasteiger partial charge in [0.25, 0.3) is 0 Å². The van der Waals surface area contributed by atoms with Crippen LogP contribution in [0.15, 0.2) is 0 Å². The molecule has 0 unspecified atom stereocenters. The van der Waals surface area contributed by atoms with Crippen LogP contribution in [0, 0.1) is 5.92 Å². The van der Waals surface area contributed by atoms with Crippen LogP contribution < -0.4 is 5.73 Å². The molecule has 0 aromatic heterocycles. The summed E-state index contributed by atoms with van der Waals surface area (Å²) in [4.78, 5) is 21.3. The van der Waals surface area contributed by atoms with Gasteiger partial charge in [-0.15, -0.1) is 0 Å². The monoisotopic (exact) mass is 206 g/mol. The van der Waals surface area contributed by atoms with Gasteiger partial charge in [-0.05, 0) is 0 Å². The van der Waals surface area contributed by atoms with Gasteiger partial charge in [0, 0.05) is 6.42 Å². The summed E-state index contributed by atoms with van der Waals surface area (Å²) in [6.07, 6.45) is -3.61. The van der Waals surface area contributed by atoms with Gasteiger partial charge in [-0.1, -0.05) is 0 Å². The minimum absolute atomic E-state index is 0.375. The van der Waals surface area contributed by atoms with Gasteiger partial charge in [0.15, 0.2) is 0 Å². The fraction of sp³-hybridized carbons (Fsp3) is 0.714. The molecule has 1 fully saturated rings. The van der Waals surface area contributed by atoms with Crippen LogP contribution >= 0.6 is 0 Å². The van der Waals surface area contributed by atoms with Crippen molar-refractivity contribution in [2.75, 3.05) is 0 Å². The second-order valence-corrected chi connectivity index (χ2v) is 3.55. The van der Waals surface area contributed by atoms with E-state index in [2.05, 4.69) is 5.73 Å². The SMILES string of the molecule is [NH3+][C@]1(C(=O)O)C[C@H](C(=O)O)[C@@H](O)[C@@H]1O. The molecule has 0 aliphatic heterocycles. The predicted molar refractivity (Wildman–Crippen MR) is 41.0 cm³/mol. The van der Waals surface area contributed by atoms with Crippen LogP contribution in [-0.2, 0) is 9.59 Å². The van der Waals surface area contributed by atoms with Crippen molar-refractivity contribution < 1.29 is 35.7 Å². The van der Waals surface area contributed by atoms with Crippen LogP contribution in [0.2, 0.25) is 0 Å². The summed E-state index contributed by atoms with van der Waals surface area (Å²) in [5.74, 6) is -4.02. The van der Waals surface area contributed by atoms with Gasteiger partial charge in [-0.25, -0.2) is 4.79 Å². The second kappa shape index (κ2) is 3.19. The zero-order chi connectivity index (χ0) is 11.1. The van der Waals surface area contributed by atoms with Gasteiger partial charge in [0.2, 0.25) is 5.54 Å². The zero-order valence-corrected chi connectivity index (χ0v) is 7.25. The Morgan fingerprint density at radius 2 is 1.79 bits per heavy atom. The molecular formula is C7H12NO6+. The van der Waals surface area contributed by atoms with Crippen molar-refractivity contribution in [2.45, 2.75) is 24.2 Å². The minimum atomic E-state index is -1.83. The highest BCUT2D eigenvalue weighted by atomic mass is 16.4. The number of rotatable bonds is 2. The number of carboxylic acid groups (broad SMARTS) is 2. The van der Waals surface area contributed by atoms with Gasteiger partial charge in [-0.3, -0.25) is 4.79 Å². The molecule has 7 nitrogen and oxygen atoms in total. The molecule has 1 aliphatic rings. The van der Waals surface area contributed by atoms with Crippen LogP contribution in [0.3, 0.4) is 0 Å². The van der Waals surface area contributed by atoms with E-state index in [9.17, 15) is 19.8 Å². The van der Waals surface area contributed by atoms with Crippen LogP contribution in [0.4, 0.5) is 0 Å². The fourth-order valence-corrected chi connectivity index (χ4v) is 1.63. The third kappa shape index (κ3) is 1.35. The molecule has 7 N–H and O–H groups in total. The van der Waals surface area contributed by atoms with Crippen molar-refractivity contribution in [3.05, 3.63) is 0 Å². The summed E-state index contributed by atoms with van der Waals surface area (Å²) in [6, 6.07) is 0. The normalized spacial score (nSPS) is 42.4. The van der Waals surface area contributed by atoms with Gasteiger partial charge in [0.05, 0.1) is 5.92 Å². The number of aliphatic carboxylic acids is 2. The lowest BCUT2D eigenvalue weighted by Crippen LogP contribution is -2.80. The smallest absolute Gasteiger partial charge is 0.368 e. The van der Waals surface area contributed by atoms with Crippen molar-refractivity contribution in [2.24, 2.45) is 5.92 Å². The summed E-state index contributed by atoms with van der Waals surface area (Å²) in [7, 11) is 0. The lowest BCUT2D eigenvalue weighted by Gasteiger charge is -2.19. The molecule has 1 rings (SSSR count). The highest BCUT2D eigenvalue weighted by molar-refractivity contribution is 5.81. The summed E-state index contributed by atoms with van der Waals surface area (Å²) in [5.41, 5.74) is 1.43. The Kier molecular flexibility index (Phi) is 2.49. The number of aliphatic hydroxyl groups is 2. The van der Waals surface area contributed by atoms with E-state index < -0.39 is 35.6 Å². The first kappa shape index (κ1) is 10.9. The molecule has 1 aliphatic carbocycles. The van der Waals surface area contributed by atoms with Crippen LogP contribution in [0.1, 0.15) is 6.42 Å². The number of aliphatic hydroxyl groups excluding tert-OH is 2. The highest BCUT2D eigenvalue weighted by Crippen LogP contribution is 2.32. The Hall–Kier alpha value is -1.18. The van der Waals surface area contributed by atoms with Gasteiger partial charge < -0.3 is 26.2 Å². The molecule has 0 radical (unpaired) electrons. The Bertz CT molecular complexity index is 279. The molecule has 0 heterocycles. The molecule has 0 bridgehead atoms. The standard InChI is InChI=1S/C7H11NO6/c8-7(6(13)14)1-2(5(11)12)3(9)4(7)10/h2-4,9-10H,1,8H2,(H,11,12)(H,13,14)/p+1/t2-,3+,4-,7+/m0/s1. The van der Waals surface area contributed by atoms with E-state index in [1.807, 2.05) is 0 Å². The lowest BCUT2D eigenvalue weighted by molar-refractivity contribution is -0.477. The molecule has 4 atom stereocenters. The topological polar surface area (TPSA) is 143 Å².